The van der Waals surface area contributed by atoms with E-state index in [1.165, 1.54) is 0 Å². The van der Waals surface area contributed by atoms with E-state index in [0.29, 0.717) is 17.5 Å². The van der Waals surface area contributed by atoms with E-state index in [1.54, 1.807) is 37.8 Å². The van der Waals surface area contributed by atoms with E-state index in [2.05, 4.69) is 9.88 Å². The van der Waals surface area contributed by atoms with Gasteiger partial charge in [-0.15, -0.1) is 0 Å². The molecule has 0 atom stereocenters. The highest BCUT2D eigenvalue weighted by molar-refractivity contribution is 7.11. The Morgan fingerprint density at radius 2 is 1.81 bits per heavy atom. The average molecular weight is 458 g/mol. The van der Waals surface area contributed by atoms with E-state index in [4.69, 9.17) is 14.2 Å². The zero-order valence-corrected chi connectivity index (χ0v) is 19.6. The molecule has 172 valence electrons. The number of piperidine rings is 2. The second-order valence-corrected chi connectivity index (χ2v) is 9.01. The van der Waals surface area contributed by atoms with Crippen molar-refractivity contribution in [3.8, 4) is 16.7 Å². The molecule has 1 aromatic heterocycles. The van der Waals surface area contributed by atoms with Crippen LogP contribution in [0.1, 0.15) is 31.2 Å². The molecular formula is C24H31N3O4S. The van der Waals surface area contributed by atoms with Crippen LogP contribution in [-0.2, 0) is 4.79 Å². The van der Waals surface area contributed by atoms with E-state index in [-0.39, 0.29) is 12.0 Å². The molecule has 4 rings (SSSR count). The molecule has 2 saturated heterocycles. The van der Waals surface area contributed by atoms with Crippen LogP contribution in [0.5, 0.6) is 16.7 Å². The molecule has 0 bridgehead atoms. The number of rotatable bonds is 7. The predicted octanol–water partition coefficient (Wildman–Crippen LogP) is 3.71. The normalized spacial score (nSPS) is 18.8. The van der Waals surface area contributed by atoms with E-state index >= 15 is 0 Å². The van der Waals surface area contributed by atoms with Crippen molar-refractivity contribution in [1.82, 2.24) is 14.8 Å². The monoisotopic (exact) mass is 457 g/mol. The van der Waals surface area contributed by atoms with Gasteiger partial charge in [-0.2, -0.15) is 0 Å². The van der Waals surface area contributed by atoms with Crippen LogP contribution in [-0.4, -0.2) is 73.2 Å². The Hall–Kier alpha value is -2.58. The van der Waals surface area contributed by atoms with Crippen molar-refractivity contribution in [3.05, 3.63) is 41.4 Å². The molecular weight excluding hydrogens is 426 g/mol. The maximum atomic E-state index is 12.7. The standard InChI is InChI=1S/C24H31N3O4S/c1-29-21-5-3-18(17-22(21)30-2)4-6-23(28)27-12-7-19(8-13-27)26-14-9-20(10-15-26)31-24-25-11-16-32-24/h3-6,11,16-17,19-20H,7-10,12-15H2,1-2H3/b6-4+. The zero-order chi connectivity index (χ0) is 22.3. The van der Waals surface area contributed by atoms with E-state index in [0.717, 1.165) is 62.6 Å². The molecule has 32 heavy (non-hydrogen) atoms. The average Bonchev–Trinajstić information content (AvgIpc) is 3.36. The van der Waals surface area contributed by atoms with Gasteiger partial charge in [0.05, 0.1) is 14.2 Å². The van der Waals surface area contributed by atoms with E-state index < -0.39 is 0 Å². The molecule has 1 amide bonds. The molecule has 1 aromatic carbocycles. The first-order chi connectivity index (χ1) is 15.7. The second kappa shape index (κ2) is 10.8. The third-order valence-corrected chi connectivity index (χ3v) is 6.93. The van der Waals surface area contributed by atoms with Crippen LogP contribution in [0.3, 0.4) is 0 Å². The van der Waals surface area contributed by atoms with Gasteiger partial charge < -0.3 is 19.1 Å². The van der Waals surface area contributed by atoms with Gasteiger partial charge in [0.1, 0.15) is 6.10 Å². The van der Waals surface area contributed by atoms with Gasteiger partial charge in [-0.05, 0) is 49.5 Å². The van der Waals surface area contributed by atoms with E-state index in [9.17, 15) is 4.79 Å². The van der Waals surface area contributed by atoms with Crippen LogP contribution >= 0.6 is 11.3 Å². The molecule has 0 radical (unpaired) electrons. The highest BCUT2D eigenvalue weighted by Crippen LogP contribution is 2.28. The lowest BCUT2D eigenvalue weighted by atomic mass is 9.99. The summed E-state index contributed by atoms with van der Waals surface area (Å²) in [5.41, 5.74) is 0.911. The van der Waals surface area contributed by atoms with Crippen molar-refractivity contribution in [3.63, 3.8) is 0 Å². The summed E-state index contributed by atoms with van der Waals surface area (Å²) in [5, 5.41) is 2.72. The Kier molecular flexibility index (Phi) is 7.65. The third-order valence-electron chi connectivity index (χ3n) is 6.27. The molecule has 8 heteroatoms. The molecule has 0 spiro atoms. The summed E-state index contributed by atoms with van der Waals surface area (Å²) in [6.45, 7) is 3.70. The lowest BCUT2D eigenvalue weighted by Gasteiger charge is -2.41. The van der Waals surface area contributed by atoms with Crippen molar-refractivity contribution in [2.75, 3.05) is 40.4 Å². The van der Waals surface area contributed by atoms with Gasteiger partial charge in [0.15, 0.2) is 11.5 Å². The van der Waals surface area contributed by atoms with Crippen molar-refractivity contribution in [1.29, 1.82) is 0 Å². The summed E-state index contributed by atoms with van der Waals surface area (Å²) in [4.78, 5) is 21.4. The third kappa shape index (κ3) is 5.61. The number of benzene rings is 1. The SMILES string of the molecule is COc1ccc(/C=C/C(=O)N2CCC(N3CCC(Oc4nccs4)CC3)CC2)cc1OC. The minimum Gasteiger partial charge on any atom is -0.493 e. The quantitative estimate of drug-likeness (QED) is 0.591. The number of aromatic nitrogens is 1. The van der Waals surface area contributed by atoms with Gasteiger partial charge >= 0.3 is 0 Å². The molecule has 3 heterocycles. The van der Waals surface area contributed by atoms with Crippen LogP contribution in [0.15, 0.2) is 35.9 Å². The summed E-state index contributed by atoms with van der Waals surface area (Å²) in [6, 6.07) is 6.19. The van der Waals surface area contributed by atoms with Gasteiger partial charge in [-0.3, -0.25) is 9.69 Å². The summed E-state index contributed by atoms with van der Waals surface area (Å²) < 4.78 is 16.6. The molecule has 7 nitrogen and oxygen atoms in total. The van der Waals surface area contributed by atoms with Crippen LogP contribution in [0.4, 0.5) is 0 Å². The summed E-state index contributed by atoms with van der Waals surface area (Å²) in [6.07, 6.45) is 9.65. The number of carbonyl (C=O) groups excluding carboxylic acids is 1. The number of nitrogens with zero attached hydrogens (tertiary/aromatic N) is 3. The first-order valence-corrected chi connectivity index (χ1v) is 12.0. The molecule has 0 saturated carbocycles. The first-order valence-electron chi connectivity index (χ1n) is 11.2. The predicted molar refractivity (Wildman–Crippen MR) is 126 cm³/mol. The highest BCUT2D eigenvalue weighted by atomic mass is 32.1. The Labute approximate surface area is 193 Å². The smallest absolute Gasteiger partial charge is 0.273 e. The minimum atomic E-state index is 0.0637. The van der Waals surface area contributed by atoms with Crippen molar-refractivity contribution >= 4 is 23.3 Å². The molecule has 2 aliphatic heterocycles. The van der Waals surface area contributed by atoms with Crippen molar-refractivity contribution in [2.24, 2.45) is 0 Å². The fraction of sp³-hybridized carbons (Fsp3) is 0.500. The number of thiazole rings is 1. The Bertz CT molecular complexity index is 902. The van der Waals surface area contributed by atoms with Gasteiger partial charge in [-0.1, -0.05) is 17.4 Å². The number of likely N-dealkylation sites (tertiary alicyclic amines) is 2. The van der Waals surface area contributed by atoms with Gasteiger partial charge in [0.25, 0.3) is 5.19 Å². The Balaban J connectivity index is 1.22. The van der Waals surface area contributed by atoms with Crippen LogP contribution in [0, 0.1) is 0 Å². The van der Waals surface area contributed by atoms with Crippen molar-refractivity contribution in [2.45, 2.75) is 37.8 Å². The van der Waals surface area contributed by atoms with Gasteiger partial charge in [0.2, 0.25) is 5.91 Å². The van der Waals surface area contributed by atoms with Crippen LogP contribution in [0.25, 0.3) is 6.08 Å². The lowest BCUT2D eigenvalue weighted by molar-refractivity contribution is -0.127. The highest BCUT2D eigenvalue weighted by Gasteiger charge is 2.30. The van der Waals surface area contributed by atoms with Crippen LogP contribution < -0.4 is 14.2 Å². The van der Waals surface area contributed by atoms with E-state index in [1.807, 2.05) is 34.6 Å². The second-order valence-electron chi connectivity index (χ2n) is 8.16. The molecule has 2 aliphatic rings. The molecule has 2 aromatic rings. The van der Waals surface area contributed by atoms with Crippen LogP contribution in [0.2, 0.25) is 0 Å². The molecule has 2 fully saturated rings. The number of ether oxygens (including phenoxy) is 3. The zero-order valence-electron chi connectivity index (χ0n) is 18.7. The Morgan fingerprint density at radius 3 is 2.47 bits per heavy atom. The largest absolute Gasteiger partial charge is 0.493 e. The number of carbonyl (C=O) groups is 1. The number of hydrogen-bond donors (Lipinski definition) is 0. The fourth-order valence-electron chi connectivity index (χ4n) is 4.45. The number of methoxy groups -OCH3 is 2. The minimum absolute atomic E-state index is 0.0637. The molecule has 0 aliphatic carbocycles. The number of amides is 1. The summed E-state index contributed by atoms with van der Waals surface area (Å²) in [7, 11) is 3.22. The van der Waals surface area contributed by atoms with Gasteiger partial charge in [0, 0.05) is 49.9 Å². The lowest BCUT2D eigenvalue weighted by Crippen LogP contribution is -2.49. The number of hydrogen-bond acceptors (Lipinski definition) is 7. The Morgan fingerprint density at radius 1 is 1.06 bits per heavy atom. The first kappa shape index (κ1) is 22.6. The van der Waals surface area contributed by atoms with Gasteiger partial charge in [-0.25, -0.2) is 4.98 Å². The maximum absolute atomic E-state index is 12.7. The summed E-state index contributed by atoms with van der Waals surface area (Å²) >= 11 is 1.55. The fourth-order valence-corrected chi connectivity index (χ4v) is 5.00. The topological polar surface area (TPSA) is 64.1 Å². The summed E-state index contributed by atoms with van der Waals surface area (Å²) in [5.74, 6) is 1.40. The van der Waals surface area contributed by atoms with Crippen molar-refractivity contribution < 1.29 is 19.0 Å². The molecule has 0 N–H and O–H groups in total. The maximum Gasteiger partial charge on any atom is 0.273 e. The molecule has 0 unspecified atom stereocenters.